The molecule has 1 aromatic carbocycles. The topological polar surface area (TPSA) is 51.2 Å². The average Bonchev–Trinajstić information content (AvgIpc) is 2.48. The molecule has 4 heteroatoms. The predicted octanol–water partition coefficient (Wildman–Crippen LogP) is 2.70. The minimum atomic E-state index is -0.154. The lowest BCUT2D eigenvalue weighted by atomic mass is 10.1. The number of amides is 1. The van der Waals surface area contributed by atoms with E-state index in [0.717, 1.165) is 22.6 Å². The molecule has 0 radical (unpaired) electrons. The van der Waals surface area contributed by atoms with Gasteiger partial charge in [-0.15, -0.1) is 0 Å². The summed E-state index contributed by atoms with van der Waals surface area (Å²) in [5.74, 6) is 0.601. The van der Waals surface area contributed by atoms with Gasteiger partial charge in [0.15, 0.2) is 6.61 Å². The lowest BCUT2D eigenvalue weighted by Crippen LogP contribution is -2.28. The average molecular weight is 284 g/mol. The highest BCUT2D eigenvalue weighted by atomic mass is 16.5. The molecule has 0 saturated carbocycles. The second-order valence-corrected chi connectivity index (χ2v) is 5.09. The third-order valence-electron chi connectivity index (χ3n) is 3.34. The lowest BCUT2D eigenvalue weighted by Gasteiger charge is -2.11. The summed E-state index contributed by atoms with van der Waals surface area (Å²) in [7, 11) is 0. The maximum absolute atomic E-state index is 11.8. The molecule has 1 aromatic heterocycles. The molecule has 0 aliphatic rings. The number of nitrogens with zero attached hydrogens (tertiary/aromatic N) is 1. The zero-order valence-corrected chi connectivity index (χ0v) is 12.6. The van der Waals surface area contributed by atoms with Crippen molar-refractivity contribution in [3.8, 4) is 5.75 Å². The first kappa shape index (κ1) is 15.0. The summed E-state index contributed by atoms with van der Waals surface area (Å²) in [5.41, 5.74) is 4.24. The number of carbonyl (C=O) groups is 1. The number of pyridine rings is 1. The Hall–Kier alpha value is -2.36. The summed E-state index contributed by atoms with van der Waals surface area (Å²) in [4.78, 5) is 15.9. The van der Waals surface area contributed by atoms with Crippen molar-refractivity contribution in [2.45, 2.75) is 27.3 Å². The predicted molar refractivity (Wildman–Crippen MR) is 82.2 cm³/mol. The molecule has 0 aliphatic carbocycles. The summed E-state index contributed by atoms with van der Waals surface area (Å²) in [5, 5.41) is 2.79. The van der Waals surface area contributed by atoms with Crippen LogP contribution in [-0.2, 0) is 11.3 Å². The van der Waals surface area contributed by atoms with Crippen LogP contribution in [0, 0.1) is 20.8 Å². The molecule has 0 bridgehead atoms. The standard InChI is InChI=1S/C17H20N2O2/c1-12-8-14(3)16(9-13(12)2)21-11-17(20)19-10-15-6-4-5-7-18-15/h4-9H,10-11H2,1-3H3,(H,19,20). The van der Waals surface area contributed by atoms with E-state index in [2.05, 4.69) is 23.3 Å². The molecule has 1 amide bonds. The number of aryl methyl sites for hydroxylation is 3. The van der Waals surface area contributed by atoms with E-state index in [1.807, 2.05) is 38.1 Å². The van der Waals surface area contributed by atoms with Gasteiger partial charge in [-0.3, -0.25) is 9.78 Å². The van der Waals surface area contributed by atoms with E-state index in [9.17, 15) is 4.79 Å². The fourth-order valence-corrected chi connectivity index (χ4v) is 1.98. The maximum atomic E-state index is 11.8. The van der Waals surface area contributed by atoms with Crippen molar-refractivity contribution in [3.05, 3.63) is 58.9 Å². The van der Waals surface area contributed by atoms with E-state index in [4.69, 9.17) is 4.74 Å². The van der Waals surface area contributed by atoms with Crippen LogP contribution < -0.4 is 10.1 Å². The van der Waals surface area contributed by atoms with Gasteiger partial charge in [0, 0.05) is 6.20 Å². The third kappa shape index (κ3) is 4.31. The Morgan fingerprint density at radius 1 is 1.14 bits per heavy atom. The Kier molecular flexibility index (Phi) is 4.93. The number of rotatable bonds is 5. The molecule has 1 N–H and O–H groups in total. The fraction of sp³-hybridized carbons (Fsp3) is 0.294. The minimum Gasteiger partial charge on any atom is -0.483 e. The Morgan fingerprint density at radius 2 is 1.90 bits per heavy atom. The van der Waals surface area contributed by atoms with Gasteiger partial charge in [-0.1, -0.05) is 12.1 Å². The Morgan fingerprint density at radius 3 is 2.62 bits per heavy atom. The van der Waals surface area contributed by atoms with Crippen LogP contribution in [0.5, 0.6) is 5.75 Å². The van der Waals surface area contributed by atoms with Crippen LogP contribution in [0.25, 0.3) is 0 Å². The monoisotopic (exact) mass is 284 g/mol. The van der Waals surface area contributed by atoms with Crippen LogP contribution in [0.4, 0.5) is 0 Å². The van der Waals surface area contributed by atoms with Gasteiger partial charge >= 0.3 is 0 Å². The molecular weight excluding hydrogens is 264 g/mol. The number of ether oxygens (including phenoxy) is 1. The summed E-state index contributed by atoms with van der Waals surface area (Å²) in [6.45, 7) is 6.49. The van der Waals surface area contributed by atoms with E-state index in [1.54, 1.807) is 6.20 Å². The van der Waals surface area contributed by atoms with Gasteiger partial charge in [-0.25, -0.2) is 0 Å². The summed E-state index contributed by atoms with van der Waals surface area (Å²) < 4.78 is 5.59. The zero-order valence-electron chi connectivity index (χ0n) is 12.6. The van der Waals surface area contributed by atoms with Gasteiger partial charge in [0.2, 0.25) is 0 Å². The number of benzene rings is 1. The van der Waals surface area contributed by atoms with Crippen LogP contribution in [0.2, 0.25) is 0 Å². The first-order valence-electron chi connectivity index (χ1n) is 6.93. The molecule has 1 heterocycles. The van der Waals surface area contributed by atoms with Gasteiger partial charge < -0.3 is 10.1 Å². The molecule has 110 valence electrons. The normalized spacial score (nSPS) is 10.2. The number of hydrogen-bond acceptors (Lipinski definition) is 3. The molecule has 2 rings (SSSR count). The largest absolute Gasteiger partial charge is 0.483 e. The van der Waals surface area contributed by atoms with Crippen LogP contribution in [-0.4, -0.2) is 17.5 Å². The van der Waals surface area contributed by atoms with E-state index >= 15 is 0 Å². The Labute approximate surface area is 125 Å². The van der Waals surface area contributed by atoms with Gasteiger partial charge in [0.05, 0.1) is 12.2 Å². The Balaban J connectivity index is 1.85. The van der Waals surface area contributed by atoms with Crippen LogP contribution in [0.1, 0.15) is 22.4 Å². The number of nitrogens with one attached hydrogen (secondary N) is 1. The molecule has 0 fully saturated rings. The van der Waals surface area contributed by atoms with E-state index in [-0.39, 0.29) is 12.5 Å². The van der Waals surface area contributed by atoms with E-state index in [1.165, 1.54) is 5.56 Å². The van der Waals surface area contributed by atoms with E-state index < -0.39 is 0 Å². The highest BCUT2D eigenvalue weighted by Gasteiger charge is 2.06. The van der Waals surface area contributed by atoms with Crippen molar-refractivity contribution >= 4 is 5.91 Å². The van der Waals surface area contributed by atoms with Crippen LogP contribution >= 0.6 is 0 Å². The Bertz CT molecular complexity index is 624. The minimum absolute atomic E-state index is 0.0101. The smallest absolute Gasteiger partial charge is 0.258 e. The van der Waals surface area contributed by atoms with E-state index in [0.29, 0.717) is 6.54 Å². The number of aromatic nitrogens is 1. The lowest BCUT2D eigenvalue weighted by molar-refractivity contribution is -0.123. The van der Waals surface area contributed by atoms with Gasteiger partial charge in [-0.05, 0) is 55.7 Å². The second kappa shape index (κ2) is 6.88. The summed E-state index contributed by atoms with van der Waals surface area (Å²) >= 11 is 0. The summed E-state index contributed by atoms with van der Waals surface area (Å²) in [6.07, 6.45) is 1.70. The van der Waals surface area contributed by atoms with Gasteiger partial charge in [-0.2, -0.15) is 0 Å². The molecule has 0 saturated heterocycles. The number of hydrogen-bond donors (Lipinski definition) is 1. The molecule has 0 spiro atoms. The highest BCUT2D eigenvalue weighted by molar-refractivity contribution is 5.77. The van der Waals surface area contributed by atoms with Gasteiger partial charge in [0.1, 0.15) is 5.75 Å². The summed E-state index contributed by atoms with van der Waals surface area (Å²) in [6, 6.07) is 9.64. The van der Waals surface area contributed by atoms with Crippen molar-refractivity contribution in [3.63, 3.8) is 0 Å². The maximum Gasteiger partial charge on any atom is 0.258 e. The SMILES string of the molecule is Cc1cc(C)c(OCC(=O)NCc2ccccn2)cc1C. The van der Waals surface area contributed by atoms with Crippen molar-refractivity contribution in [2.24, 2.45) is 0 Å². The third-order valence-corrected chi connectivity index (χ3v) is 3.34. The fourth-order valence-electron chi connectivity index (χ4n) is 1.98. The van der Waals surface area contributed by atoms with Crippen molar-refractivity contribution in [1.29, 1.82) is 0 Å². The highest BCUT2D eigenvalue weighted by Crippen LogP contribution is 2.22. The molecule has 2 aromatic rings. The molecule has 4 nitrogen and oxygen atoms in total. The van der Waals surface area contributed by atoms with Crippen LogP contribution in [0.15, 0.2) is 36.5 Å². The molecular formula is C17H20N2O2. The van der Waals surface area contributed by atoms with Crippen molar-refractivity contribution < 1.29 is 9.53 Å². The zero-order chi connectivity index (χ0) is 15.2. The number of carbonyl (C=O) groups excluding carboxylic acids is 1. The molecule has 0 unspecified atom stereocenters. The van der Waals surface area contributed by atoms with Crippen LogP contribution in [0.3, 0.4) is 0 Å². The van der Waals surface area contributed by atoms with Crippen molar-refractivity contribution in [1.82, 2.24) is 10.3 Å². The van der Waals surface area contributed by atoms with Gasteiger partial charge in [0.25, 0.3) is 5.91 Å². The molecule has 0 aliphatic heterocycles. The molecule has 21 heavy (non-hydrogen) atoms. The molecule has 0 atom stereocenters. The van der Waals surface area contributed by atoms with Crippen molar-refractivity contribution in [2.75, 3.05) is 6.61 Å². The first-order valence-corrected chi connectivity index (χ1v) is 6.93. The first-order chi connectivity index (χ1) is 10.1. The second-order valence-electron chi connectivity index (χ2n) is 5.09. The quantitative estimate of drug-likeness (QED) is 0.918.